The molecule has 0 unspecified atom stereocenters. The van der Waals surface area contributed by atoms with Crippen LogP contribution in [-0.2, 0) is 10.2 Å². The largest absolute Gasteiger partial charge is 0.449 e. The minimum atomic E-state index is -4.20. The van der Waals surface area contributed by atoms with Crippen LogP contribution in [0.5, 0.6) is 11.5 Å². The number of aromatic amines is 1. The molecule has 0 radical (unpaired) electrons. The number of benzene rings is 1. The van der Waals surface area contributed by atoms with Gasteiger partial charge in [-0.15, -0.1) is 0 Å². The highest BCUT2D eigenvalue weighted by atomic mass is 79.9. The number of pyridine rings is 1. The van der Waals surface area contributed by atoms with E-state index in [0.29, 0.717) is 15.5 Å². The Morgan fingerprint density at radius 1 is 1.34 bits per heavy atom. The summed E-state index contributed by atoms with van der Waals surface area (Å²) in [5.41, 5.74) is -0.0708. The van der Waals surface area contributed by atoms with Crippen molar-refractivity contribution < 1.29 is 26.3 Å². The second kappa shape index (κ2) is 7.50. The van der Waals surface area contributed by atoms with Crippen LogP contribution < -0.4 is 9.46 Å². The third-order valence-electron chi connectivity index (χ3n) is 4.39. The Morgan fingerprint density at radius 2 is 2.14 bits per heavy atom. The van der Waals surface area contributed by atoms with Crippen LogP contribution in [-0.4, -0.2) is 42.0 Å². The van der Waals surface area contributed by atoms with Crippen LogP contribution in [0.2, 0.25) is 0 Å². The number of nitrogens with zero attached hydrogens (tertiary/aromatic N) is 2. The molecule has 7 nitrogen and oxygen atoms in total. The maximum atomic E-state index is 14.9. The van der Waals surface area contributed by atoms with Gasteiger partial charge in [-0.2, -0.15) is 12.7 Å². The van der Waals surface area contributed by atoms with Crippen molar-refractivity contribution in [3.8, 4) is 11.5 Å². The number of anilines is 1. The Kier molecular flexibility index (Phi) is 5.17. The fourth-order valence-electron chi connectivity index (χ4n) is 2.96. The van der Waals surface area contributed by atoms with Crippen molar-refractivity contribution in [3.05, 3.63) is 46.7 Å². The maximum absolute atomic E-state index is 14.9. The lowest BCUT2D eigenvalue weighted by atomic mass is 10.2. The minimum absolute atomic E-state index is 0.0279. The first-order chi connectivity index (χ1) is 13.7. The van der Waals surface area contributed by atoms with E-state index in [4.69, 9.17) is 4.74 Å². The number of ether oxygens (including phenoxy) is 1. The van der Waals surface area contributed by atoms with Gasteiger partial charge in [-0.3, -0.25) is 4.72 Å². The molecule has 2 N–H and O–H groups in total. The smallest absolute Gasteiger partial charge is 0.301 e. The molecule has 1 fully saturated rings. The van der Waals surface area contributed by atoms with Crippen molar-refractivity contribution >= 4 is 42.9 Å². The van der Waals surface area contributed by atoms with Crippen LogP contribution in [0.4, 0.5) is 18.9 Å². The van der Waals surface area contributed by atoms with Gasteiger partial charge in [0.1, 0.15) is 11.8 Å². The van der Waals surface area contributed by atoms with Crippen molar-refractivity contribution in [1.29, 1.82) is 0 Å². The first kappa shape index (κ1) is 20.0. The second-order valence-electron chi connectivity index (χ2n) is 6.39. The molecule has 1 aliphatic heterocycles. The van der Waals surface area contributed by atoms with Crippen molar-refractivity contribution in [1.82, 2.24) is 14.3 Å². The fraction of sp³-hybridized carbons (Fsp3) is 0.235. The summed E-state index contributed by atoms with van der Waals surface area (Å²) in [5, 5.41) is 0.468. The number of aromatic nitrogens is 2. The standard InChI is InChI=1S/C17H14BrF3N4O3S/c18-9-5-11-14(7-23-17(11)22-6-9)28-16-12(20)1-2-13(15(16)21)24-29(26,27)25-4-3-10(19)8-25/h1-2,5-7,10,24H,3-4,8H2,(H,22,23)/t10-/m1/s1. The molecule has 3 aromatic rings. The molecule has 0 aliphatic carbocycles. The third kappa shape index (κ3) is 3.91. The Bertz CT molecular complexity index is 1190. The maximum Gasteiger partial charge on any atom is 0.301 e. The van der Waals surface area contributed by atoms with E-state index >= 15 is 0 Å². The summed E-state index contributed by atoms with van der Waals surface area (Å²) in [6.45, 7) is -0.349. The highest BCUT2D eigenvalue weighted by Crippen LogP contribution is 2.36. The zero-order valence-electron chi connectivity index (χ0n) is 14.6. The number of hydrogen-bond acceptors (Lipinski definition) is 4. The highest BCUT2D eigenvalue weighted by Gasteiger charge is 2.32. The first-order valence-electron chi connectivity index (χ1n) is 8.45. The Morgan fingerprint density at radius 3 is 2.86 bits per heavy atom. The number of hydrogen-bond donors (Lipinski definition) is 2. The average molecular weight is 491 g/mol. The van der Waals surface area contributed by atoms with Gasteiger partial charge < -0.3 is 9.72 Å². The van der Waals surface area contributed by atoms with Crippen LogP contribution in [0, 0.1) is 11.6 Å². The zero-order chi connectivity index (χ0) is 20.8. The molecule has 154 valence electrons. The van der Waals surface area contributed by atoms with Gasteiger partial charge in [-0.05, 0) is 40.5 Å². The summed E-state index contributed by atoms with van der Waals surface area (Å²) in [7, 11) is -4.20. The van der Waals surface area contributed by atoms with Crippen LogP contribution in [0.15, 0.2) is 35.1 Å². The van der Waals surface area contributed by atoms with Crippen molar-refractivity contribution in [2.45, 2.75) is 12.6 Å². The van der Waals surface area contributed by atoms with Gasteiger partial charge in [-0.25, -0.2) is 18.2 Å². The van der Waals surface area contributed by atoms with Gasteiger partial charge in [-0.1, -0.05) is 0 Å². The molecule has 1 atom stereocenters. The lowest BCUT2D eigenvalue weighted by molar-refractivity contribution is 0.343. The summed E-state index contributed by atoms with van der Waals surface area (Å²) >= 11 is 3.26. The number of alkyl halides is 1. The fourth-order valence-corrected chi connectivity index (χ4v) is 4.56. The summed E-state index contributed by atoms with van der Waals surface area (Å²) in [6.07, 6.45) is 1.70. The third-order valence-corrected chi connectivity index (χ3v) is 6.32. The van der Waals surface area contributed by atoms with Crippen molar-refractivity contribution in [2.24, 2.45) is 0 Å². The van der Waals surface area contributed by atoms with Crippen LogP contribution in [0.1, 0.15) is 6.42 Å². The second-order valence-corrected chi connectivity index (χ2v) is 8.98. The molecule has 2 aromatic heterocycles. The van der Waals surface area contributed by atoms with Crippen molar-refractivity contribution in [2.75, 3.05) is 17.8 Å². The highest BCUT2D eigenvalue weighted by molar-refractivity contribution is 9.10. The van der Waals surface area contributed by atoms with Crippen molar-refractivity contribution in [3.63, 3.8) is 0 Å². The molecule has 0 saturated carbocycles. The van der Waals surface area contributed by atoms with E-state index < -0.39 is 39.5 Å². The predicted molar refractivity (Wildman–Crippen MR) is 104 cm³/mol. The first-order valence-corrected chi connectivity index (χ1v) is 10.7. The normalized spacial score (nSPS) is 17.7. The van der Waals surface area contributed by atoms with Gasteiger partial charge in [0.15, 0.2) is 17.4 Å². The van der Waals surface area contributed by atoms with E-state index in [2.05, 4.69) is 25.9 Å². The monoisotopic (exact) mass is 490 g/mol. The summed E-state index contributed by atoms with van der Waals surface area (Å²) in [4.78, 5) is 6.92. The Balaban J connectivity index is 1.66. The number of rotatable bonds is 5. The number of H-pyrrole nitrogens is 1. The number of fused-ring (bicyclic) bond motifs is 1. The van der Waals surface area contributed by atoms with E-state index in [1.807, 2.05) is 4.72 Å². The van der Waals surface area contributed by atoms with E-state index in [0.717, 1.165) is 16.4 Å². The van der Waals surface area contributed by atoms with Gasteiger partial charge in [0.05, 0.1) is 11.1 Å². The molecular formula is C17H14BrF3N4O3S. The molecule has 29 heavy (non-hydrogen) atoms. The molecule has 12 heteroatoms. The Labute approximate surface area is 172 Å². The molecule has 1 aromatic carbocycles. The van der Waals surface area contributed by atoms with Crippen LogP contribution in [0.3, 0.4) is 0 Å². The molecule has 4 rings (SSSR count). The SMILES string of the molecule is O=S(=O)(Nc1ccc(F)c(Oc2c[nH]c3ncc(Br)cc23)c1F)N1CC[C@@H](F)C1. The molecule has 0 spiro atoms. The topological polar surface area (TPSA) is 87.3 Å². The number of halogens is 4. The molecule has 1 saturated heterocycles. The van der Waals surface area contributed by atoms with Gasteiger partial charge in [0, 0.05) is 30.0 Å². The summed E-state index contributed by atoms with van der Waals surface area (Å²) < 4.78 is 76.1. The number of nitrogens with one attached hydrogen (secondary N) is 2. The summed E-state index contributed by atoms with van der Waals surface area (Å²) in [5.74, 6) is -2.93. The minimum Gasteiger partial charge on any atom is -0.449 e. The lowest BCUT2D eigenvalue weighted by Gasteiger charge is -2.18. The van der Waals surface area contributed by atoms with E-state index in [-0.39, 0.29) is 25.3 Å². The van der Waals surface area contributed by atoms with E-state index in [1.54, 1.807) is 12.3 Å². The van der Waals surface area contributed by atoms with E-state index in [1.165, 1.54) is 6.20 Å². The summed E-state index contributed by atoms with van der Waals surface area (Å²) in [6, 6.07) is 3.46. The molecule has 1 aliphatic rings. The predicted octanol–water partition coefficient (Wildman–Crippen LogP) is 4.10. The van der Waals surface area contributed by atoms with Crippen LogP contribution in [0.25, 0.3) is 11.0 Å². The van der Waals surface area contributed by atoms with E-state index in [9.17, 15) is 21.6 Å². The van der Waals surface area contributed by atoms with Gasteiger partial charge in [0.25, 0.3) is 0 Å². The molecule has 0 bridgehead atoms. The average Bonchev–Trinajstić information content (AvgIpc) is 3.28. The van der Waals surface area contributed by atoms with Gasteiger partial charge in [0.2, 0.25) is 5.75 Å². The molecular weight excluding hydrogens is 477 g/mol. The zero-order valence-corrected chi connectivity index (χ0v) is 17.0. The molecule has 3 heterocycles. The van der Waals surface area contributed by atoms with Crippen LogP contribution >= 0.6 is 15.9 Å². The Hall–Kier alpha value is -2.31. The van der Waals surface area contributed by atoms with Gasteiger partial charge >= 0.3 is 10.2 Å². The quantitative estimate of drug-likeness (QED) is 0.563. The molecule has 0 amide bonds. The lowest BCUT2D eigenvalue weighted by Crippen LogP contribution is -2.34.